The number of anilines is 3. The molecular formula is C24H26F3N5O3. The second-order valence-electron chi connectivity index (χ2n) is 7.96. The molecule has 8 nitrogen and oxygen atoms in total. The van der Waals surface area contributed by atoms with Crippen molar-refractivity contribution in [1.29, 1.82) is 0 Å². The molecule has 0 aliphatic carbocycles. The standard InChI is InChI=1S/C24H26F3N5O3/c1-31(2)11-4-12-32(23(34)24(25,26)27)17-7-10-21(35-3)19(13-17)29-22-15-28-14-20(30-22)16-5-8-18(33)9-6-16/h5-10,13-15,33H,4,11-12H2,1-3H3,(H,29,30). The van der Waals surface area contributed by atoms with Crippen LogP contribution in [0.3, 0.4) is 0 Å². The molecule has 0 fully saturated rings. The van der Waals surface area contributed by atoms with Gasteiger partial charge in [-0.2, -0.15) is 13.2 Å². The van der Waals surface area contributed by atoms with Crippen molar-refractivity contribution in [3.63, 3.8) is 0 Å². The van der Waals surface area contributed by atoms with E-state index in [4.69, 9.17) is 4.74 Å². The Morgan fingerprint density at radius 1 is 1.09 bits per heavy atom. The number of hydrogen-bond acceptors (Lipinski definition) is 7. The summed E-state index contributed by atoms with van der Waals surface area (Å²) in [6.45, 7) is 0.404. The molecule has 0 radical (unpaired) electrons. The lowest BCUT2D eigenvalue weighted by atomic mass is 10.1. The lowest BCUT2D eigenvalue weighted by Gasteiger charge is -2.25. The zero-order valence-corrected chi connectivity index (χ0v) is 19.5. The second kappa shape index (κ2) is 11.0. The Labute approximate surface area is 201 Å². The molecule has 0 unspecified atom stereocenters. The van der Waals surface area contributed by atoms with Crippen LogP contribution in [0.2, 0.25) is 0 Å². The maximum atomic E-state index is 13.3. The molecule has 0 aliphatic heterocycles. The Hall–Kier alpha value is -3.86. The van der Waals surface area contributed by atoms with Crippen LogP contribution in [0.5, 0.6) is 11.5 Å². The molecule has 3 aromatic rings. The first-order chi connectivity index (χ1) is 16.6. The number of carbonyl (C=O) groups is 1. The highest BCUT2D eigenvalue weighted by Crippen LogP contribution is 2.34. The maximum Gasteiger partial charge on any atom is 0.471 e. The molecule has 0 saturated heterocycles. The van der Waals surface area contributed by atoms with Gasteiger partial charge in [-0.3, -0.25) is 9.78 Å². The number of halogens is 3. The molecule has 3 rings (SSSR count). The smallest absolute Gasteiger partial charge is 0.471 e. The molecule has 1 amide bonds. The van der Waals surface area contributed by atoms with Crippen molar-refractivity contribution in [3.05, 3.63) is 54.9 Å². The van der Waals surface area contributed by atoms with E-state index < -0.39 is 12.1 Å². The third-order valence-electron chi connectivity index (χ3n) is 5.03. The quantitative estimate of drug-likeness (QED) is 0.459. The molecule has 11 heteroatoms. The van der Waals surface area contributed by atoms with Gasteiger partial charge in [0.25, 0.3) is 0 Å². The van der Waals surface area contributed by atoms with Gasteiger partial charge in [0.05, 0.1) is 30.9 Å². The molecule has 186 valence electrons. The fourth-order valence-corrected chi connectivity index (χ4v) is 3.34. The molecule has 0 aliphatic rings. The third-order valence-corrected chi connectivity index (χ3v) is 5.03. The van der Waals surface area contributed by atoms with E-state index in [1.807, 2.05) is 4.90 Å². The molecule has 2 aromatic carbocycles. The fourth-order valence-electron chi connectivity index (χ4n) is 3.34. The van der Waals surface area contributed by atoms with Crippen molar-refractivity contribution in [1.82, 2.24) is 14.9 Å². The Balaban J connectivity index is 1.93. The van der Waals surface area contributed by atoms with Crippen molar-refractivity contribution in [2.75, 3.05) is 44.5 Å². The Morgan fingerprint density at radius 3 is 2.43 bits per heavy atom. The SMILES string of the molecule is COc1ccc(N(CCCN(C)C)C(=O)C(F)(F)F)cc1Nc1cncc(-c2ccc(O)cc2)n1. The largest absolute Gasteiger partial charge is 0.508 e. The zero-order valence-electron chi connectivity index (χ0n) is 19.5. The number of nitrogens with one attached hydrogen (secondary N) is 1. The van der Waals surface area contributed by atoms with Crippen LogP contribution in [0, 0.1) is 0 Å². The number of aromatic hydroxyl groups is 1. The summed E-state index contributed by atoms with van der Waals surface area (Å²) in [7, 11) is 5.03. The molecule has 0 spiro atoms. The summed E-state index contributed by atoms with van der Waals surface area (Å²) in [5, 5.41) is 12.5. The zero-order chi connectivity index (χ0) is 25.6. The fraction of sp³-hybridized carbons (Fsp3) is 0.292. The maximum absolute atomic E-state index is 13.3. The van der Waals surface area contributed by atoms with Crippen LogP contribution in [0.15, 0.2) is 54.9 Å². The van der Waals surface area contributed by atoms with Gasteiger partial charge < -0.3 is 25.0 Å². The Bertz CT molecular complexity index is 1150. The van der Waals surface area contributed by atoms with Gasteiger partial charge in [0.1, 0.15) is 17.3 Å². The first-order valence-electron chi connectivity index (χ1n) is 10.7. The van der Waals surface area contributed by atoms with E-state index in [0.717, 1.165) is 0 Å². The lowest BCUT2D eigenvalue weighted by molar-refractivity contribution is -0.170. The summed E-state index contributed by atoms with van der Waals surface area (Å²) < 4.78 is 45.3. The predicted molar refractivity (Wildman–Crippen MR) is 127 cm³/mol. The molecule has 1 aromatic heterocycles. The van der Waals surface area contributed by atoms with E-state index in [1.165, 1.54) is 43.6 Å². The summed E-state index contributed by atoms with van der Waals surface area (Å²) >= 11 is 0. The average molecular weight is 489 g/mol. The topological polar surface area (TPSA) is 90.8 Å². The highest BCUT2D eigenvalue weighted by atomic mass is 19.4. The van der Waals surface area contributed by atoms with Crippen molar-refractivity contribution >= 4 is 23.1 Å². The number of alkyl halides is 3. The number of carbonyl (C=O) groups excluding carboxylic acids is 1. The van der Waals surface area contributed by atoms with E-state index in [2.05, 4.69) is 15.3 Å². The minimum absolute atomic E-state index is 0.0667. The van der Waals surface area contributed by atoms with Crippen LogP contribution in [-0.4, -0.2) is 66.4 Å². The van der Waals surface area contributed by atoms with Crippen LogP contribution >= 0.6 is 0 Å². The summed E-state index contributed by atoms with van der Waals surface area (Å²) in [5.74, 6) is -1.17. The number of benzene rings is 2. The van der Waals surface area contributed by atoms with Gasteiger partial charge in [0.2, 0.25) is 0 Å². The van der Waals surface area contributed by atoms with E-state index in [9.17, 15) is 23.1 Å². The number of amides is 1. The molecule has 35 heavy (non-hydrogen) atoms. The van der Waals surface area contributed by atoms with E-state index in [0.29, 0.717) is 46.4 Å². The van der Waals surface area contributed by atoms with Crippen LogP contribution in [0.4, 0.5) is 30.4 Å². The van der Waals surface area contributed by atoms with E-state index in [1.54, 1.807) is 32.4 Å². The van der Waals surface area contributed by atoms with Gasteiger partial charge in [-0.25, -0.2) is 4.98 Å². The summed E-state index contributed by atoms with van der Waals surface area (Å²) in [4.78, 5) is 23.4. The number of aromatic nitrogens is 2. The molecule has 2 N–H and O–H groups in total. The second-order valence-corrected chi connectivity index (χ2v) is 7.96. The van der Waals surface area contributed by atoms with Gasteiger partial charge in [0.15, 0.2) is 0 Å². The van der Waals surface area contributed by atoms with Gasteiger partial charge in [-0.1, -0.05) is 0 Å². The van der Waals surface area contributed by atoms with Gasteiger partial charge in [0, 0.05) is 17.8 Å². The molecule has 0 atom stereocenters. The van der Waals surface area contributed by atoms with E-state index >= 15 is 0 Å². The van der Waals surface area contributed by atoms with Gasteiger partial charge >= 0.3 is 12.1 Å². The van der Waals surface area contributed by atoms with Crippen molar-refractivity contribution in [3.8, 4) is 22.8 Å². The third kappa shape index (κ3) is 6.82. The van der Waals surface area contributed by atoms with E-state index in [-0.39, 0.29) is 18.0 Å². The first-order valence-corrected chi connectivity index (χ1v) is 10.7. The highest BCUT2D eigenvalue weighted by molar-refractivity contribution is 5.98. The Morgan fingerprint density at radius 2 is 1.80 bits per heavy atom. The number of phenols is 1. The van der Waals surface area contributed by atoms with Crippen molar-refractivity contribution in [2.45, 2.75) is 12.6 Å². The number of phenolic OH excluding ortho intramolecular Hbond substituents is 1. The molecule has 0 bridgehead atoms. The van der Waals surface area contributed by atoms with Crippen molar-refractivity contribution in [2.24, 2.45) is 0 Å². The van der Waals surface area contributed by atoms with Crippen LogP contribution in [0.1, 0.15) is 6.42 Å². The monoisotopic (exact) mass is 489 g/mol. The molecule has 0 saturated carbocycles. The molecule has 1 heterocycles. The minimum atomic E-state index is -5.02. The Kier molecular flexibility index (Phi) is 8.13. The lowest BCUT2D eigenvalue weighted by Crippen LogP contribution is -2.42. The average Bonchev–Trinajstić information content (AvgIpc) is 2.81. The van der Waals surface area contributed by atoms with Gasteiger partial charge in [-0.15, -0.1) is 0 Å². The van der Waals surface area contributed by atoms with Crippen molar-refractivity contribution < 1.29 is 27.8 Å². The summed E-state index contributed by atoms with van der Waals surface area (Å²) in [6.07, 6.45) is -1.68. The number of rotatable bonds is 9. The van der Waals surface area contributed by atoms with Crippen LogP contribution < -0.4 is 15.0 Å². The molecular weight excluding hydrogens is 463 g/mol. The number of ether oxygens (including phenoxy) is 1. The summed E-state index contributed by atoms with van der Waals surface area (Å²) in [6, 6.07) is 10.7. The minimum Gasteiger partial charge on any atom is -0.508 e. The first kappa shape index (κ1) is 25.8. The van der Waals surface area contributed by atoms with Crippen LogP contribution in [0.25, 0.3) is 11.3 Å². The number of hydrogen-bond donors (Lipinski definition) is 2. The normalized spacial score (nSPS) is 11.4. The highest BCUT2D eigenvalue weighted by Gasteiger charge is 2.43. The number of nitrogens with zero attached hydrogens (tertiary/aromatic N) is 4. The predicted octanol–water partition coefficient (Wildman–Crippen LogP) is 4.45. The van der Waals surface area contributed by atoms with Gasteiger partial charge in [-0.05, 0) is 69.5 Å². The number of methoxy groups -OCH3 is 1. The summed E-state index contributed by atoms with van der Waals surface area (Å²) in [5.41, 5.74) is 1.61. The van der Waals surface area contributed by atoms with Crippen LogP contribution in [-0.2, 0) is 4.79 Å².